The van der Waals surface area contributed by atoms with Crippen molar-refractivity contribution in [1.29, 1.82) is 0 Å². The maximum atomic E-state index is 12.6. The number of hydrogen-bond donors (Lipinski definition) is 1. The number of carbonyl (C=O) groups is 1. The summed E-state index contributed by atoms with van der Waals surface area (Å²) in [6, 6.07) is 2.77. The molecular formula is C20H29N5O3. The van der Waals surface area contributed by atoms with Crippen LogP contribution in [0.5, 0.6) is 5.75 Å². The van der Waals surface area contributed by atoms with Crippen LogP contribution in [0.4, 0.5) is 11.5 Å². The van der Waals surface area contributed by atoms with E-state index in [4.69, 9.17) is 14.5 Å². The lowest BCUT2D eigenvalue weighted by Gasteiger charge is -2.45. The number of pyridine rings is 1. The zero-order valence-electron chi connectivity index (χ0n) is 16.3. The van der Waals surface area contributed by atoms with Gasteiger partial charge in [0.05, 0.1) is 37.6 Å². The highest BCUT2D eigenvalue weighted by Crippen LogP contribution is 2.36. The second-order valence-corrected chi connectivity index (χ2v) is 8.12. The van der Waals surface area contributed by atoms with Gasteiger partial charge < -0.3 is 29.5 Å². The van der Waals surface area contributed by atoms with Crippen molar-refractivity contribution in [3.05, 3.63) is 12.3 Å². The standard InChI is InChI=1S/C20H29N5O3/c26-19(3-9-27-13-15-2-4-21-15)24-7-8-25-17(12-24)14-28-18-10-16(11-22-20(18)25)23-5-1-6-23/h10-11,15,17,21H,1-9,12-14H2. The predicted molar refractivity (Wildman–Crippen MR) is 106 cm³/mol. The van der Waals surface area contributed by atoms with Crippen LogP contribution in [0.2, 0.25) is 0 Å². The van der Waals surface area contributed by atoms with Crippen molar-refractivity contribution in [3.63, 3.8) is 0 Å². The number of nitrogens with zero attached hydrogens (tertiary/aromatic N) is 4. The summed E-state index contributed by atoms with van der Waals surface area (Å²) in [5.41, 5.74) is 1.15. The van der Waals surface area contributed by atoms with Crippen molar-refractivity contribution in [1.82, 2.24) is 15.2 Å². The molecule has 28 heavy (non-hydrogen) atoms. The van der Waals surface area contributed by atoms with Crippen molar-refractivity contribution in [2.75, 3.05) is 68.9 Å². The van der Waals surface area contributed by atoms with Crippen LogP contribution in [0.3, 0.4) is 0 Å². The fraction of sp³-hybridized carbons (Fsp3) is 0.700. The molecule has 0 saturated carbocycles. The molecule has 1 aromatic heterocycles. The Morgan fingerprint density at radius 1 is 1.32 bits per heavy atom. The number of anilines is 2. The summed E-state index contributed by atoms with van der Waals surface area (Å²) in [7, 11) is 0. The van der Waals surface area contributed by atoms with Gasteiger partial charge in [-0.05, 0) is 19.4 Å². The minimum atomic E-state index is 0.174. The number of piperazine rings is 1. The van der Waals surface area contributed by atoms with Gasteiger partial charge in [0.25, 0.3) is 0 Å². The maximum absolute atomic E-state index is 12.6. The molecule has 0 bridgehead atoms. The molecule has 5 heterocycles. The topological polar surface area (TPSA) is 70.2 Å². The summed E-state index contributed by atoms with van der Waals surface area (Å²) in [4.78, 5) is 23.8. The van der Waals surface area contributed by atoms with E-state index in [0.717, 1.165) is 50.0 Å². The molecule has 1 aromatic rings. The molecule has 8 heteroatoms. The van der Waals surface area contributed by atoms with Crippen molar-refractivity contribution < 1.29 is 14.3 Å². The number of ether oxygens (including phenoxy) is 2. The lowest BCUT2D eigenvalue weighted by Crippen LogP contribution is -2.58. The third-order valence-electron chi connectivity index (χ3n) is 6.28. The smallest absolute Gasteiger partial charge is 0.225 e. The minimum absolute atomic E-state index is 0.174. The van der Waals surface area contributed by atoms with E-state index in [9.17, 15) is 4.79 Å². The van der Waals surface area contributed by atoms with Crippen molar-refractivity contribution >= 4 is 17.4 Å². The largest absolute Gasteiger partial charge is 0.487 e. The molecule has 3 saturated heterocycles. The lowest BCUT2D eigenvalue weighted by molar-refractivity contribution is -0.133. The van der Waals surface area contributed by atoms with E-state index >= 15 is 0 Å². The van der Waals surface area contributed by atoms with Crippen LogP contribution in [0.15, 0.2) is 12.3 Å². The molecule has 1 amide bonds. The summed E-state index contributed by atoms with van der Waals surface area (Å²) in [6.45, 7) is 7.32. The van der Waals surface area contributed by atoms with Crippen LogP contribution < -0.4 is 19.9 Å². The molecule has 4 aliphatic heterocycles. The maximum Gasteiger partial charge on any atom is 0.225 e. The molecule has 3 fully saturated rings. The second kappa shape index (κ2) is 7.75. The summed E-state index contributed by atoms with van der Waals surface area (Å²) < 4.78 is 11.7. The fourth-order valence-electron chi connectivity index (χ4n) is 4.22. The Hall–Kier alpha value is -2.06. The van der Waals surface area contributed by atoms with Gasteiger partial charge in [0, 0.05) is 44.8 Å². The Morgan fingerprint density at radius 2 is 2.21 bits per heavy atom. The molecule has 0 spiro atoms. The molecule has 0 aromatic carbocycles. The first-order chi connectivity index (χ1) is 13.8. The number of hydrogen-bond acceptors (Lipinski definition) is 7. The van der Waals surface area contributed by atoms with Crippen LogP contribution in [-0.4, -0.2) is 87.0 Å². The average molecular weight is 387 g/mol. The summed E-state index contributed by atoms with van der Waals surface area (Å²) in [6.07, 6.45) is 4.83. The van der Waals surface area contributed by atoms with E-state index in [0.29, 0.717) is 38.8 Å². The van der Waals surface area contributed by atoms with Crippen molar-refractivity contribution in [2.24, 2.45) is 0 Å². The molecule has 152 valence electrons. The third-order valence-corrected chi connectivity index (χ3v) is 6.28. The van der Waals surface area contributed by atoms with Gasteiger partial charge >= 0.3 is 0 Å². The lowest BCUT2D eigenvalue weighted by atomic mass is 10.1. The normalized spacial score (nSPS) is 25.9. The molecular weight excluding hydrogens is 358 g/mol. The number of carbonyl (C=O) groups excluding carboxylic acids is 1. The van der Waals surface area contributed by atoms with Crippen LogP contribution in [-0.2, 0) is 9.53 Å². The highest BCUT2D eigenvalue weighted by Gasteiger charge is 2.35. The number of rotatable bonds is 6. The molecule has 0 aliphatic carbocycles. The van der Waals surface area contributed by atoms with E-state index in [-0.39, 0.29) is 11.9 Å². The molecule has 2 unspecified atom stereocenters. The van der Waals surface area contributed by atoms with Gasteiger partial charge in [-0.3, -0.25) is 4.79 Å². The molecule has 0 radical (unpaired) electrons. The number of amides is 1. The first-order valence-electron chi connectivity index (χ1n) is 10.5. The SMILES string of the molecule is O=C(CCOCC1CCN1)N1CCN2c3ncc(N4CCC4)cc3OCC2C1. The average Bonchev–Trinajstić information content (AvgIpc) is 2.64. The Morgan fingerprint density at radius 3 is 2.96 bits per heavy atom. The van der Waals surface area contributed by atoms with Gasteiger partial charge in [-0.15, -0.1) is 0 Å². The van der Waals surface area contributed by atoms with Gasteiger partial charge in [0.2, 0.25) is 5.91 Å². The fourth-order valence-corrected chi connectivity index (χ4v) is 4.22. The Kier molecular flexibility index (Phi) is 4.98. The first-order valence-corrected chi connectivity index (χ1v) is 10.5. The zero-order chi connectivity index (χ0) is 18.9. The van der Waals surface area contributed by atoms with Crippen molar-refractivity contribution in [2.45, 2.75) is 31.3 Å². The van der Waals surface area contributed by atoms with Crippen LogP contribution in [0.1, 0.15) is 19.3 Å². The van der Waals surface area contributed by atoms with Crippen molar-refractivity contribution in [3.8, 4) is 5.75 Å². The molecule has 2 atom stereocenters. The Bertz CT molecular complexity index is 722. The minimum Gasteiger partial charge on any atom is -0.487 e. The number of nitrogens with one attached hydrogen (secondary N) is 1. The quantitative estimate of drug-likeness (QED) is 0.712. The Balaban J connectivity index is 1.14. The summed E-state index contributed by atoms with van der Waals surface area (Å²) in [5, 5.41) is 3.30. The molecule has 4 aliphatic rings. The van der Waals surface area contributed by atoms with Gasteiger partial charge in [-0.1, -0.05) is 0 Å². The van der Waals surface area contributed by atoms with E-state index in [1.54, 1.807) is 0 Å². The highest BCUT2D eigenvalue weighted by molar-refractivity contribution is 5.77. The third kappa shape index (κ3) is 3.51. The van der Waals surface area contributed by atoms with E-state index < -0.39 is 0 Å². The monoisotopic (exact) mass is 387 g/mol. The number of aromatic nitrogens is 1. The summed E-state index contributed by atoms with van der Waals surface area (Å²) in [5.74, 6) is 1.97. The second-order valence-electron chi connectivity index (χ2n) is 8.12. The van der Waals surface area contributed by atoms with E-state index in [2.05, 4.69) is 21.2 Å². The van der Waals surface area contributed by atoms with Gasteiger partial charge in [0.1, 0.15) is 6.61 Å². The van der Waals surface area contributed by atoms with Crippen LogP contribution >= 0.6 is 0 Å². The van der Waals surface area contributed by atoms with Gasteiger partial charge in [-0.25, -0.2) is 4.98 Å². The Labute approximate surface area is 165 Å². The van der Waals surface area contributed by atoms with Crippen LogP contribution in [0, 0.1) is 0 Å². The molecule has 8 nitrogen and oxygen atoms in total. The van der Waals surface area contributed by atoms with Gasteiger partial charge in [0.15, 0.2) is 11.6 Å². The van der Waals surface area contributed by atoms with Crippen LogP contribution in [0.25, 0.3) is 0 Å². The van der Waals surface area contributed by atoms with Gasteiger partial charge in [-0.2, -0.15) is 0 Å². The highest BCUT2D eigenvalue weighted by atomic mass is 16.5. The van der Waals surface area contributed by atoms with E-state index in [1.165, 1.54) is 12.8 Å². The zero-order valence-corrected chi connectivity index (χ0v) is 16.3. The number of fused-ring (bicyclic) bond motifs is 3. The van der Waals surface area contributed by atoms with E-state index in [1.807, 2.05) is 11.1 Å². The first kappa shape index (κ1) is 18.0. The summed E-state index contributed by atoms with van der Waals surface area (Å²) >= 11 is 0. The predicted octanol–water partition coefficient (Wildman–Crippen LogP) is 0.470. The molecule has 1 N–H and O–H groups in total. The molecule has 5 rings (SSSR count).